The van der Waals surface area contributed by atoms with Gasteiger partial charge < -0.3 is 10.2 Å². The number of amides is 1. The summed E-state index contributed by atoms with van der Waals surface area (Å²) in [6, 6.07) is 7.69. The Morgan fingerprint density at radius 1 is 1.48 bits per heavy atom. The Morgan fingerprint density at radius 2 is 2.38 bits per heavy atom. The Bertz CT molecular complexity index is 655. The number of pyridine rings is 1. The van der Waals surface area contributed by atoms with E-state index in [0.29, 0.717) is 13.0 Å². The SMILES string of the molecule is C[C@@]1(C(=O)NCc2cccnc2)CC(c2cccs2)=NO1. The molecular formula is C15H15N3O2S. The van der Waals surface area contributed by atoms with Crippen LogP contribution in [0.5, 0.6) is 0 Å². The molecule has 3 heterocycles. The largest absolute Gasteiger partial charge is 0.379 e. The van der Waals surface area contributed by atoms with E-state index in [1.165, 1.54) is 0 Å². The van der Waals surface area contributed by atoms with Crippen LogP contribution in [0.3, 0.4) is 0 Å². The summed E-state index contributed by atoms with van der Waals surface area (Å²) < 4.78 is 0. The standard InChI is InChI=1S/C15H15N3O2S/c1-15(8-12(18-20-15)13-5-3-7-21-13)14(19)17-10-11-4-2-6-16-9-11/h2-7,9H,8,10H2,1H3,(H,17,19)/t15-/m0/s1. The Kier molecular flexibility index (Phi) is 3.70. The van der Waals surface area contributed by atoms with E-state index in [0.717, 1.165) is 16.2 Å². The number of oxime groups is 1. The highest BCUT2D eigenvalue weighted by atomic mass is 32.1. The van der Waals surface area contributed by atoms with E-state index >= 15 is 0 Å². The number of carbonyl (C=O) groups excluding carboxylic acids is 1. The smallest absolute Gasteiger partial charge is 0.267 e. The second-order valence-corrected chi connectivity index (χ2v) is 6.01. The highest BCUT2D eigenvalue weighted by Crippen LogP contribution is 2.28. The first kappa shape index (κ1) is 13.8. The zero-order valence-corrected chi connectivity index (χ0v) is 12.4. The van der Waals surface area contributed by atoms with Crippen molar-refractivity contribution in [1.29, 1.82) is 0 Å². The molecule has 0 unspecified atom stereocenters. The summed E-state index contributed by atoms with van der Waals surface area (Å²) >= 11 is 1.59. The maximum atomic E-state index is 12.3. The van der Waals surface area contributed by atoms with Crippen molar-refractivity contribution < 1.29 is 9.63 Å². The van der Waals surface area contributed by atoms with Crippen molar-refractivity contribution in [2.75, 3.05) is 0 Å². The minimum absolute atomic E-state index is 0.165. The van der Waals surface area contributed by atoms with Crippen LogP contribution in [0.1, 0.15) is 23.8 Å². The first-order chi connectivity index (χ1) is 10.2. The summed E-state index contributed by atoms with van der Waals surface area (Å²) in [7, 11) is 0. The van der Waals surface area contributed by atoms with Crippen molar-refractivity contribution >= 4 is 23.0 Å². The number of rotatable bonds is 4. The Balaban J connectivity index is 1.61. The number of thiophene rings is 1. The fourth-order valence-electron chi connectivity index (χ4n) is 2.11. The summed E-state index contributed by atoms with van der Waals surface area (Å²) in [6.45, 7) is 2.19. The van der Waals surface area contributed by atoms with Crippen molar-refractivity contribution in [1.82, 2.24) is 10.3 Å². The lowest BCUT2D eigenvalue weighted by atomic mass is 9.98. The number of hydrogen-bond donors (Lipinski definition) is 1. The molecule has 21 heavy (non-hydrogen) atoms. The quantitative estimate of drug-likeness (QED) is 0.942. The Labute approximate surface area is 126 Å². The normalized spacial score (nSPS) is 20.7. The van der Waals surface area contributed by atoms with Gasteiger partial charge >= 0.3 is 0 Å². The van der Waals surface area contributed by atoms with E-state index in [1.54, 1.807) is 30.7 Å². The lowest BCUT2D eigenvalue weighted by molar-refractivity contribution is -0.141. The molecule has 2 aromatic rings. The fraction of sp³-hybridized carbons (Fsp3) is 0.267. The van der Waals surface area contributed by atoms with E-state index in [-0.39, 0.29) is 5.91 Å². The van der Waals surface area contributed by atoms with Gasteiger partial charge in [0.25, 0.3) is 5.91 Å². The van der Waals surface area contributed by atoms with Crippen LogP contribution in [0, 0.1) is 0 Å². The summed E-state index contributed by atoms with van der Waals surface area (Å²) in [6.07, 6.45) is 3.91. The van der Waals surface area contributed by atoms with Gasteiger partial charge in [0.2, 0.25) is 5.60 Å². The minimum atomic E-state index is -0.943. The van der Waals surface area contributed by atoms with Crippen LogP contribution in [-0.2, 0) is 16.2 Å². The van der Waals surface area contributed by atoms with Gasteiger partial charge in [0, 0.05) is 25.4 Å². The molecule has 1 aliphatic heterocycles. The highest BCUT2D eigenvalue weighted by molar-refractivity contribution is 7.12. The van der Waals surface area contributed by atoms with Crippen molar-refractivity contribution in [3.63, 3.8) is 0 Å². The molecule has 0 bridgehead atoms. The van der Waals surface area contributed by atoms with Crippen LogP contribution < -0.4 is 5.32 Å². The number of hydrogen-bond acceptors (Lipinski definition) is 5. The topological polar surface area (TPSA) is 63.6 Å². The molecule has 3 rings (SSSR count). The molecule has 6 heteroatoms. The highest BCUT2D eigenvalue weighted by Gasteiger charge is 2.42. The molecule has 0 aliphatic carbocycles. The van der Waals surface area contributed by atoms with Crippen molar-refractivity contribution in [2.24, 2.45) is 5.16 Å². The van der Waals surface area contributed by atoms with E-state index < -0.39 is 5.60 Å². The zero-order chi connectivity index (χ0) is 14.7. The van der Waals surface area contributed by atoms with Crippen LogP contribution >= 0.6 is 11.3 Å². The molecule has 1 N–H and O–H groups in total. The van der Waals surface area contributed by atoms with Gasteiger partial charge in [0.1, 0.15) is 5.71 Å². The van der Waals surface area contributed by atoms with Gasteiger partial charge in [-0.25, -0.2) is 0 Å². The van der Waals surface area contributed by atoms with Crippen molar-refractivity contribution in [3.8, 4) is 0 Å². The average molecular weight is 301 g/mol. The molecule has 0 fully saturated rings. The molecule has 0 radical (unpaired) electrons. The molecule has 0 saturated carbocycles. The maximum Gasteiger partial charge on any atom is 0.267 e. The lowest BCUT2D eigenvalue weighted by Gasteiger charge is -2.20. The van der Waals surface area contributed by atoms with E-state index in [1.807, 2.05) is 29.6 Å². The molecule has 0 spiro atoms. The van der Waals surface area contributed by atoms with Crippen LogP contribution in [0.15, 0.2) is 47.2 Å². The van der Waals surface area contributed by atoms with Crippen molar-refractivity contribution in [3.05, 3.63) is 52.5 Å². The van der Waals surface area contributed by atoms with E-state index in [2.05, 4.69) is 15.5 Å². The predicted octanol–water partition coefficient (Wildman–Crippen LogP) is 2.34. The van der Waals surface area contributed by atoms with Gasteiger partial charge in [0.15, 0.2) is 0 Å². The van der Waals surface area contributed by atoms with Gasteiger partial charge in [-0.2, -0.15) is 0 Å². The number of nitrogens with one attached hydrogen (secondary N) is 1. The van der Waals surface area contributed by atoms with Crippen LogP contribution in [0.2, 0.25) is 0 Å². The van der Waals surface area contributed by atoms with Crippen LogP contribution in [0.25, 0.3) is 0 Å². The fourth-order valence-corrected chi connectivity index (χ4v) is 2.81. The van der Waals surface area contributed by atoms with Gasteiger partial charge in [-0.3, -0.25) is 9.78 Å². The first-order valence-electron chi connectivity index (χ1n) is 6.63. The lowest BCUT2D eigenvalue weighted by Crippen LogP contribution is -2.44. The summed E-state index contributed by atoms with van der Waals surface area (Å²) in [4.78, 5) is 22.8. The molecule has 108 valence electrons. The minimum Gasteiger partial charge on any atom is -0.379 e. The first-order valence-corrected chi connectivity index (χ1v) is 7.51. The Morgan fingerprint density at radius 3 is 3.10 bits per heavy atom. The molecule has 0 saturated heterocycles. The predicted molar refractivity (Wildman–Crippen MR) is 81.0 cm³/mol. The van der Waals surface area contributed by atoms with Gasteiger partial charge in [-0.15, -0.1) is 11.3 Å². The second-order valence-electron chi connectivity index (χ2n) is 5.06. The zero-order valence-electron chi connectivity index (χ0n) is 11.6. The Hall–Kier alpha value is -2.21. The average Bonchev–Trinajstić information content (AvgIpc) is 3.16. The molecular weight excluding hydrogens is 286 g/mol. The summed E-state index contributed by atoms with van der Waals surface area (Å²) in [5.74, 6) is -0.165. The van der Waals surface area contributed by atoms with Crippen LogP contribution in [-0.4, -0.2) is 22.2 Å². The second kappa shape index (κ2) is 5.65. The summed E-state index contributed by atoms with van der Waals surface area (Å²) in [5.41, 5.74) is 0.831. The molecule has 1 aliphatic rings. The van der Waals surface area contributed by atoms with Crippen LogP contribution in [0.4, 0.5) is 0 Å². The number of carbonyl (C=O) groups is 1. The van der Waals surface area contributed by atoms with Gasteiger partial charge in [-0.1, -0.05) is 17.3 Å². The number of nitrogens with zero attached hydrogens (tertiary/aromatic N) is 2. The third-order valence-corrected chi connectivity index (χ3v) is 4.24. The van der Waals surface area contributed by atoms with Gasteiger partial charge in [0.05, 0.1) is 4.88 Å². The van der Waals surface area contributed by atoms with Gasteiger partial charge in [-0.05, 0) is 30.0 Å². The maximum absolute atomic E-state index is 12.3. The molecule has 0 aromatic carbocycles. The molecule has 5 nitrogen and oxygen atoms in total. The summed E-state index contributed by atoms with van der Waals surface area (Å²) in [5, 5.41) is 8.92. The third-order valence-electron chi connectivity index (χ3n) is 3.32. The third kappa shape index (κ3) is 2.95. The molecule has 1 amide bonds. The van der Waals surface area contributed by atoms with E-state index in [9.17, 15) is 4.79 Å². The monoisotopic (exact) mass is 301 g/mol. The molecule has 1 atom stereocenters. The van der Waals surface area contributed by atoms with Crippen molar-refractivity contribution in [2.45, 2.75) is 25.5 Å². The van der Waals surface area contributed by atoms with E-state index in [4.69, 9.17) is 4.84 Å². The number of aromatic nitrogens is 1. The molecule has 2 aromatic heterocycles.